The number of likely N-dealkylation sites (N-methyl/N-ethyl adjacent to an activating group) is 1. The second-order valence-corrected chi connectivity index (χ2v) is 7.01. The van der Waals surface area contributed by atoms with Crippen LogP contribution in [0.25, 0.3) is 0 Å². The molecule has 0 aromatic rings. The van der Waals surface area contributed by atoms with Crippen molar-refractivity contribution < 1.29 is 0 Å². The minimum Gasteiger partial charge on any atom is -0.318 e. The number of rotatable bonds is 4. The van der Waals surface area contributed by atoms with E-state index in [1.165, 1.54) is 64.7 Å². The summed E-state index contributed by atoms with van der Waals surface area (Å²) in [5.41, 5.74) is 0.296. The molecule has 0 bridgehead atoms. The topological polar surface area (TPSA) is 18.5 Å². The Morgan fingerprint density at radius 3 is 2.05 bits per heavy atom. The number of piperazine rings is 1. The number of nitrogens with one attached hydrogen (secondary N) is 1. The molecule has 3 nitrogen and oxygen atoms in total. The Hall–Kier alpha value is -0.120. The van der Waals surface area contributed by atoms with Crippen molar-refractivity contribution in [1.82, 2.24) is 15.1 Å². The lowest BCUT2D eigenvalue weighted by molar-refractivity contribution is 0.0316. The smallest absolute Gasteiger partial charge is 0.0278 e. The second-order valence-electron chi connectivity index (χ2n) is 7.01. The van der Waals surface area contributed by atoms with Crippen LogP contribution in [0, 0.1) is 0 Å². The molecule has 0 unspecified atom stereocenters. The van der Waals surface area contributed by atoms with Crippen LogP contribution in [0.4, 0.5) is 0 Å². The lowest BCUT2D eigenvalue weighted by Crippen LogP contribution is -2.59. The Morgan fingerprint density at radius 2 is 1.53 bits per heavy atom. The summed E-state index contributed by atoms with van der Waals surface area (Å²) in [5, 5.41) is 3.33. The van der Waals surface area contributed by atoms with Gasteiger partial charge in [0, 0.05) is 44.3 Å². The van der Waals surface area contributed by atoms with E-state index >= 15 is 0 Å². The molecule has 2 fully saturated rings. The Kier molecular flexibility index (Phi) is 5.67. The summed E-state index contributed by atoms with van der Waals surface area (Å²) < 4.78 is 0. The average molecular weight is 267 g/mol. The largest absolute Gasteiger partial charge is 0.318 e. The van der Waals surface area contributed by atoms with Crippen molar-refractivity contribution in [2.45, 2.75) is 64.0 Å². The van der Waals surface area contributed by atoms with E-state index in [2.05, 4.69) is 36.0 Å². The van der Waals surface area contributed by atoms with Gasteiger partial charge in [-0.1, -0.05) is 25.7 Å². The van der Waals surface area contributed by atoms with E-state index in [1.54, 1.807) is 0 Å². The van der Waals surface area contributed by atoms with Gasteiger partial charge < -0.3 is 5.32 Å². The molecule has 1 N–H and O–H groups in total. The monoisotopic (exact) mass is 267 g/mol. The lowest BCUT2D eigenvalue weighted by Gasteiger charge is -2.46. The molecule has 2 rings (SSSR count). The van der Waals surface area contributed by atoms with Crippen LogP contribution in [0.3, 0.4) is 0 Å². The van der Waals surface area contributed by atoms with Gasteiger partial charge in [-0.3, -0.25) is 9.80 Å². The number of hydrogen-bond donors (Lipinski definition) is 1. The highest BCUT2D eigenvalue weighted by molar-refractivity contribution is 4.88. The van der Waals surface area contributed by atoms with Crippen molar-refractivity contribution in [3.63, 3.8) is 0 Å². The van der Waals surface area contributed by atoms with Gasteiger partial charge in [-0.15, -0.1) is 0 Å². The van der Waals surface area contributed by atoms with Gasteiger partial charge >= 0.3 is 0 Å². The summed E-state index contributed by atoms with van der Waals surface area (Å²) in [4.78, 5) is 5.44. The quantitative estimate of drug-likeness (QED) is 0.789. The molecule has 0 atom stereocenters. The Labute approximate surface area is 119 Å². The summed E-state index contributed by atoms with van der Waals surface area (Å²) in [7, 11) is 2.06. The van der Waals surface area contributed by atoms with Crippen LogP contribution in [0.1, 0.15) is 52.4 Å². The highest BCUT2D eigenvalue weighted by atomic mass is 15.3. The molecule has 0 aromatic carbocycles. The SMILES string of the molecule is CNCC(C)(C)N1CCN(C2CCCCCC2)CC1. The molecule has 0 amide bonds. The van der Waals surface area contributed by atoms with Gasteiger partial charge in [-0.2, -0.15) is 0 Å². The van der Waals surface area contributed by atoms with Crippen molar-refractivity contribution in [1.29, 1.82) is 0 Å². The summed E-state index contributed by atoms with van der Waals surface area (Å²) in [6.07, 6.45) is 8.73. The first-order valence-corrected chi connectivity index (χ1v) is 8.27. The lowest BCUT2D eigenvalue weighted by atomic mass is 10.00. The second kappa shape index (κ2) is 7.05. The summed E-state index contributed by atoms with van der Waals surface area (Å²) >= 11 is 0. The van der Waals surface area contributed by atoms with Crippen LogP contribution in [0.5, 0.6) is 0 Å². The molecule has 1 saturated carbocycles. The number of nitrogens with zero attached hydrogens (tertiary/aromatic N) is 2. The molecular formula is C16H33N3. The van der Waals surface area contributed by atoms with Crippen molar-refractivity contribution in [2.75, 3.05) is 39.8 Å². The molecule has 0 radical (unpaired) electrons. The molecule has 19 heavy (non-hydrogen) atoms. The van der Waals surface area contributed by atoms with Gasteiger partial charge in [0.05, 0.1) is 0 Å². The van der Waals surface area contributed by atoms with E-state index in [0.29, 0.717) is 5.54 Å². The summed E-state index contributed by atoms with van der Waals surface area (Å²) in [5.74, 6) is 0. The predicted molar refractivity (Wildman–Crippen MR) is 82.6 cm³/mol. The van der Waals surface area contributed by atoms with E-state index in [1.807, 2.05) is 0 Å². The fourth-order valence-electron chi connectivity index (χ4n) is 3.86. The minimum atomic E-state index is 0.296. The third kappa shape index (κ3) is 4.17. The molecule has 0 aromatic heterocycles. The number of hydrogen-bond acceptors (Lipinski definition) is 3. The zero-order chi connectivity index (χ0) is 13.7. The minimum absolute atomic E-state index is 0.296. The Balaban J connectivity index is 1.81. The van der Waals surface area contributed by atoms with E-state index in [9.17, 15) is 0 Å². The van der Waals surface area contributed by atoms with Crippen LogP contribution in [0.15, 0.2) is 0 Å². The molecule has 1 aliphatic heterocycles. The Morgan fingerprint density at radius 1 is 0.947 bits per heavy atom. The average Bonchev–Trinajstić information content (AvgIpc) is 2.68. The molecule has 3 heteroatoms. The van der Waals surface area contributed by atoms with Gasteiger partial charge in [-0.05, 0) is 33.7 Å². The van der Waals surface area contributed by atoms with Gasteiger partial charge in [0.1, 0.15) is 0 Å². The van der Waals surface area contributed by atoms with Crippen molar-refractivity contribution >= 4 is 0 Å². The van der Waals surface area contributed by atoms with E-state index in [0.717, 1.165) is 12.6 Å². The van der Waals surface area contributed by atoms with Gasteiger partial charge in [-0.25, -0.2) is 0 Å². The van der Waals surface area contributed by atoms with Crippen LogP contribution in [-0.4, -0.2) is 61.2 Å². The zero-order valence-electron chi connectivity index (χ0n) is 13.2. The third-order valence-electron chi connectivity index (χ3n) is 5.12. The standard InChI is InChI=1S/C16H33N3/c1-16(2,14-17-3)19-12-10-18(11-13-19)15-8-6-4-5-7-9-15/h15,17H,4-14H2,1-3H3. The first-order chi connectivity index (χ1) is 9.13. The molecular weight excluding hydrogens is 234 g/mol. The van der Waals surface area contributed by atoms with Crippen LogP contribution in [-0.2, 0) is 0 Å². The highest BCUT2D eigenvalue weighted by Crippen LogP contribution is 2.24. The predicted octanol–water partition coefficient (Wildman–Crippen LogP) is 2.32. The maximum absolute atomic E-state index is 3.33. The molecule has 1 aliphatic carbocycles. The zero-order valence-corrected chi connectivity index (χ0v) is 13.2. The molecule has 112 valence electrons. The summed E-state index contributed by atoms with van der Waals surface area (Å²) in [6, 6.07) is 0.886. The van der Waals surface area contributed by atoms with E-state index in [-0.39, 0.29) is 0 Å². The van der Waals surface area contributed by atoms with Crippen LogP contribution in [0.2, 0.25) is 0 Å². The van der Waals surface area contributed by atoms with E-state index in [4.69, 9.17) is 0 Å². The van der Waals surface area contributed by atoms with Crippen molar-refractivity contribution in [3.8, 4) is 0 Å². The first kappa shape index (κ1) is 15.3. The van der Waals surface area contributed by atoms with Crippen LogP contribution >= 0.6 is 0 Å². The van der Waals surface area contributed by atoms with Gasteiger partial charge in [0.2, 0.25) is 0 Å². The fourth-order valence-corrected chi connectivity index (χ4v) is 3.86. The maximum Gasteiger partial charge on any atom is 0.0278 e. The van der Waals surface area contributed by atoms with Crippen LogP contribution < -0.4 is 5.32 Å². The molecule has 1 saturated heterocycles. The molecule has 2 aliphatic rings. The van der Waals surface area contributed by atoms with Gasteiger partial charge in [0.25, 0.3) is 0 Å². The molecule has 1 heterocycles. The molecule has 0 spiro atoms. The third-order valence-corrected chi connectivity index (χ3v) is 5.12. The summed E-state index contributed by atoms with van der Waals surface area (Å²) in [6.45, 7) is 10.8. The maximum atomic E-state index is 3.33. The first-order valence-electron chi connectivity index (χ1n) is 8.27. The van der Waals surface area contributed by atoms with Crippen molar-refractivity contribution in [3.05, 3.63) is 0 Å². The van der Waals surface area contributed by atoms with Crippen molar-refractivity contribution in [2.24, 2.45) is 0 Å². The normalized spacial score (nSPS) is 25.4. The van der Waals surface area contributed by atoms with Gasteiger partial charge in [0.15, 0.2) is 0 Å². The Bertz CT molecular complexity index is 249. The fraction of sp³-hybridized carbons (Fsp3) is 1.00. The highest BCUT2D eigenvalue weighted by Gasteiger charge is 2.31. The van der Waals surface area contributed by atoms with E-state index < -0.39 is 0 Å².